The van der Waals surface area contributed by atoms with Gasteiger partial charge in [-0.2, -0.15) is 0 Å². The SMILES string of the molecule is CC1(C)c2ccccc2N(c2ccccc2)c2ccc(-c3ccc(CC(c4ccc(-c5ccccc5)cc4)c4ccc5c(c4)C(c4ccccc4)(c4ccccc4)c4c-5oc5ccccc45)cc3)cc21. The first-order valence-electron chi connectivity index (χ1n) is 24.6. The van der Waals surface area contributed by atoms with Gasteiger partial charge in [0.2, 0.25) is 0 Å². The Labute approximate surface area is 410 Å². The van der Waals surface area contributed by atoms with Crippen LogP contribution < -0.4 is 4.90 Å². The third kappa shape index (κ3) is 6.62. The van der Waals surface area contributed by atoms with Crippen molar-refractivity contribution in [3.8, 4) is 33.6 Å². The molecule has 0 bridgehead atoms. The normalized spacial score (nSPS) is 14.3. The molecule has 1 unspecified atom stereocenters. The Balaban J connectivity index is 0.923. The van der Waals surface area contributed by atoms with Gasteiger partial charge in [0.25, 0.3) is 0 Å². The maximum absolute atomic E-state index is 6.90. The van der Waals surface area contributed by atoms with Crippen molar-refractivity contribution in [2.45, 2.75) is 37.0 Å². The van der Waals surface area contributed by atoms with Gasteiger partial charge in [-0.3, -0.25) is 0 Å². The van der Waals surface area contributed by atoms with Crippen molar-refractivity contribution in [1.29, 1.82) is 0 Å². The molecule has 0 amide bonds. The van der Waals surface area contributed by atoms with Crippen LogP contribution >= 0.6 is 0 Å². The Morgan fingerprint density at radius 3 is 1.69 bits per heavy atom. The molecule has 334 valence electrons. The van der Waals surface area contributed by atoms with Crippen LogP contribution in [0.3, 0.4) is 0 Å². The van der Waals surface area contributed by atoms with Gasteiger partial charge in [-0.15, -0.1) is 0 Å². The van der Waals surface area contributed by atoms with Crippen LogP contribution in [0, 0.1) is 0 Å². The van der Waals surface area contributed by atoms with E-state index in [9.17, 15) is 0 Å². The molecule has 2 heteroatoms. The highest BCUT2D eigenvalue weighted by molar-refractivity contribution is 5.98. The van der Waals surface area contributed by atoms with Gasteiger partial charge >= 0.3 is 0 Å². The standard InChI is InChI=1S/C68H51NO/c1-67(2)59-28-16-17-29-62(59)69(55-25-13-6-14-26-55)63-42-40-51(44-61(63)67)49-33-31-46(32-34-49)43-58(50-37-35-48(36-38-50)47-19-7-3-8-20-47)52-39-41-56-60(45-52)68(53-21-9-4-10-22-53,54-23-11-5-12-24-54)65-57-27-15-18-30-64(57)70-66(56)65/h3-42,44-45,58H,43H2,1-2H3. The van der Waals surface area contributed by atoms with Crippen molar-refractivity contribution in [3.63, 3.8) is 0 Å². The molecule has 2 aliphatic rings. The van der Waals surface area contributed by atoms with Crippen molar-refractivity contribution >= 4 is 28.0 Å². The topological polar surface area (TPSA) is 16.4 Å². The fourth-order valence-electron chi connectivity index (χ4n) is 11.9. The number of anilines is 3. The molecule has 0 saturated heterocycles. The fourth-order valence-corrected chi connectivity index (χ4v) is 11.9. The van der Waals surface area contributed by atoms with Crippen molar-refractivity contribution < 1.29 is 4.42 Å². The smallest absolute Gasteiger partial charge is 0.140 e. The molecule has 0 saturated carbocycles. The minimum Gasteiger partial charge on any atom is -0.456 e. The highest BCUT2D eigenvalue weighted by Crippen LogP contribution is 2.60. The molecule has 11 aromatic rings. The average Bonchev–Trinajstić information content (AvgIpc) is 3.95. The van der Waals surface area contributed by atoms with Crippen LogP contribution in [0.1, 0.15) is 69.8 Å². The molecule has 10 aromatic carbocycles. The van der Waals surface area contributed by atoms with Crippen molar-refractivity contribution in [1.82, 2.24) is 0 Å². The van der Waals surface area contributed by atoms with Crippen LogP contribution in [0.2, 0.25) is 0 Å². The van der Waals surface area contributed by atoms with Gasteiger partial charge in [-0.05, 0) is 110 Å². The van der Waals surface area contributed by atoms with Gasteiger partial charge in [0, 0.05) is 33.5 Å². The van der Waals surface area contributed by atoms with E-state index in [4.69, 9.17) is 4.42 Å². The second kappa shape index (κ2) is 16.6. The first-order valence-corrected chi connectivity index (χ1v) is 24.6. The van der Waals surface area contributed by atoms with Gasteiger partial charge in [-0.25, -0.2) is 0 Å². The van der Waals surface area contributed by atoms with Crippen LogP contribution in [0.25, 0.3) is 44.5 Å². The number of nitrogens with zero attached hydrogens (tertiary/aromatic N) is 1. The van der Waals surface area contributed by atoms with Crippen LogP contribution in [0.15, 0.2) is 259 Å². The number of hydrogen-bond donors (Lipinski definition) is 0. The van der Waals surface area contributed by atoms with E-state index in [1.54, 1.807) is 0 Å². The summed E-state index contributed by atoms with van der Waals surface area (Å²) < 4.78 is 6.90. The highest BCUT2D eigenvalue weighted by Gasteiger charge is 2.50. The Hall–Kier alpha value is -8.46. The molecule has 0 N–H and O–H groups in total. The number of rotatable bonds is 9. The highest BCUT2D eigenvalue weighted by atomic mass is 16.3. The van der Waals surface area contributed by atoms with Gasteiger partial charge in [0.15, 0.2) is 0 Å². The fraction of sp³-hybridized carbons (Fsp3) is 0.0882. The monoisotopic (exact) mass is 897 g/mol. The first-order chi connectivity index (χ1) is 34.5. The summed E-state index contributed by atoms with van der Waals surface area (Å²) in [6.07, 6.45) is 0.833. The Kier molecular flexibility index (Phi) is 9.92. The summed E-state index contributed by atoms with van der Waals surface area (Å²) in [4.78, 5) is 2.42. The molecule has 2 heterocycles. The largest absolute Gasteiger partial charge is 0.456 e. The number of furan rings is 1. The van der Waals surface area contributed by atoms with Crippen molar-refractivity contribution in [2.24, 2.45) is 0 Å². The van der Waals surface area contributed by atoms with Crippen LogP contribution in [-0.2, 0) is 17.3 Å². The molecule has 1 aromatic heterocycles. The molecule has 0 fully saturated rings. The first kappa shape index (κ1) is 41.7. The second-order valence-electron chi connectivity index (χ2n) is 19.6. The van der Waals surface area contributed by atoms with Gasteiger partial charge in [0.1, 0.15) is 11.3 Å². The lowest BCUT2D eigenvalue weighted by Gasteiger charge is -2.42. The average molecular weight is 898 g/mol. The molecule has 2 nitrogen and oxygen atoms in total. The van der Waals surface area contributed by atoms with Crippen LogP contribution in [0.5, 0.6) is 0 Å². The zero-order valence-corrected chi connectivity index (χ0v) is 39.4. The van der Waals surface area contributed by atoms with Crippen LogP contribution in [-0.4, -0.2) is 0 Å². The lowest BCUT2D eigenvalue weighted by molar-refractivity contribution is 0.628. The van der Waals surface area contributed by atoms with Gasteiger partial charge in [-0.1, -0.05) is 232 Å². The summed E-state index contributed by atoms with van der Waals surface area (Å²) >= 11 is 0. The maximum atomic E-state index is 6.90. The minimum atomic E-state index is -0.594. The quantitative estimate of drug-likeness (QED) is 0.144. The number of hydrogen-bond acceptors (Lipinski definition) is 2. The van der Waals surface area contributed by atoms with E-state index in [0.717, 1.165) is 28.7 Å². The summed E-state index contributed by atoms with van der Waals surface area (Å²) in [5.74, 6) is 1.03. The number of fused-ring (bicyclic) bond motifs is 7. The maximum Gasteiger partial charge on any atom is 0.140 e. The molecule has 1 aliphatic heterocycles. The van der Waals surface area contributed by atoms with E-state index in [1.165, 1.54) is 89.4 Å². The third-order valence-electron chi connectivity index (χ3n) is 15.4. The lowest BCUT2D eigenvalue weighted by Crippen LogP contribution is -2.30. The molecular weight excluding hydrogens is 847 g/mol. The minimum absolute atomic E-state index is 0.0717. The Bertz CT molecular complexity index is 3640. The van der Waals surface area contributed by atoms with Gasteiger partial charge < -0.3 is 9.32 Å². The Morgan fingerprint density at radius 2 is 0.971 bits per heavy atom. The Morgan fingerprint density at radius 1 is 0.429 bits per heavy atom. The zero-order valence-electron chi connectivity index (χ0n) is 39.4. The molecule has 13 rings (SSSR count). The van der Waals surface area contributed by atoms with E-state index < -0.39 is 5.41 Å². The number of benzene rings is 10. The number of para-hydroxylation sites is 3. The van der Waals surface area contributed by atoms with Crippen LogP contribution in [0.4, 0.5) is 17.1 Å². The molecular formula is C68H51NO. The summed E-state index contributed by atoms with van der Waals surface area (Å²) in [6, 6.07) is 93.9. The summed E-state index contributed by atoms with van der Waals surface area (Å²) in [5, 5.41) is 1.15. The predicted octanol–water partition coefficient (Wildman–Crippen LogP) is 17.6. The predicted molar refractivity (Wildman–Crippen MR) is 290 cm³/mol. The lowest BCUT2D eigenvalue weighted by atomic mass is 9.66. The molecule has 0 radical (unpaired) electrons. The molecule has 1 aliphatic carbocycles. The summed E-state index contributed by atoms with van der Waals surface area (Å²) in [6.45, 7) is 4.73. The van der Waals surface area contributed by atoms with E-state index in [-0.39, 0.29) is 11.3 Å². The molecule has 1 atom stereocenters. The summed E-state index contributed by atoms with van der Waals surface area (Å²) in [5.41, 5.74) is 21.2. The molecule has 0 spiro atoms. The summed E-state index contributed by atoms with van der Waals surface area (Å²) in [7, 11) is 0. The zero-order chi connectivity index (χ0) is 46.8. The molecule has 70 heavy (non-hydrogen) atoms. The van der Waals surface area contributed by atoms with Gasteiger partial charge in [0.05, 0.1) is 16.8 Å². The van der Waals surface area contributed by atoms with Crippen molar-refractivity contribution in [2.75, 3.05) is 4.90 Å². The van der Waals surface area contributed by atoms with E-state index in [0.29, 0.717) is 0 Å². The van der Waals surface area contributed by atoms with E-state index in [1.807, 2.05) is 0 Å². The van der Waals surface area contributed by atoms with E-state index >= 15 is 0 Å². The second-order valence-corrected chi connectivity index (χ2v) is 19.6. The third-order valence-corrected chi connectivity index (χ3v) is 15.4. The van der Waals surface area contributed by atoms with E-state index in [2.05, 4.69) is 274 Å². The van der Waals surface area contributed by atoms with Crippen molar-refractivity contribution in [3.05, 3.63) is 305 Å².